The van der Waals surface area contributed by atoms with Gasteiger partial charge in [0.25, 0.3) is 5.91 Å². The molecule has 0 spiro atoms. The molecule has 1 aromatic heterocycles. The fourth-order valence-corrected chi connectivity index (χ4v) is 1.53. The first-order valence-corrected chi connectivity index (χ1v) is 5.28. The van der Waals surface area contributed by atoms with Crippen molar-refractivity contribution in [2.45, 2.75) is 0 Å². The molecule has 17 heavy (non-hydrogen) atoms. The summed E-state index contributed by atoms with van der Waals surface area (Å²) in [4.78, 5) is 19.4. The SMILES string of the molecule is CON(C)C(=O)/C=C/c1ccc2cc[nH]c2c1. The average molecular weight is 230 g/mol. The molecule has 0 unspecified atom stereocenters. The number of hydrogen-bond donors (Lipinski definition) is 1. The number of carbonyl (C=O) groups is 1. The smallest absolute Gasteiger partial charge is 0.269 e. The Morgan fingerprint density at radius 3 is 3.00 bits per heavy atom. The minimum Gasteiger partial charge on any atom is -0.361 e. The summed E-state index contributed by atoms with van der Waals surface area (Å²) in [6.07, 6.45) is 5.13. The van der Waals surface area contributed by atoms with Crippen LogP contribution < -0.4 is 0 Å². The summed E-state index contributed by atoms with van der Waals surface area (Å²) >= 11 is 0. The van der Waals surface area contributed by atoms with E-state index >= 15 is 0 Å². The number of carbonyl (C=O) groups excluding carboxylic acids is 1. The lowest BCUT2D eigenvalue weighted by Gasteiger charge is -2.09. The Morgan fingerprint density at radius 2 is 2.24 bits per heavy atom. The lowest BCUT2D eigenvalue weighted by atomic mass is 10.1. The maximum Gasteiger partial charge on any atom is 0.269 e. The van der Waals surface area contributed by atoms with Crippen LogP contribution in [0, 0.1) is 0 Å². The van der Waals surface area contributed by atoms with Crippen LogP contribution >= 0.6 is 0 Å². The highest BCUT2D eigenvalue weighted by molar-refractivity contribution is 5.91. The van der Waals surface area contributed by atoms with Crippen LogP contribution in [0.2, 0.25) is 0 Å². The zero-order chi connectivity index (χ0) is 12.3. The maximum absolute atomic E-state index is 11.5. The molecule has 1 amide bonds. The quantitative estimate of drug-likeness (QED) is 0.649. The third kappa shape index (κ3) is 2.54. The van der Waals surface area contributed by atoms with Crippen LogP contribution in [0.5, 0.6) is 0 Å². The lowest BCUT2D eigenvalue weighted by Crippen LogP contribution is -2.22. The molecule has 2 aromatic rings. The van der Waals surface area contributed by atoms with Gasteiger partial charge in [0, 0.05) is 24.8 Å². The fraction of sp³-hybridized carbons (Fsp3) is 0.154. The van der Waals surface area contributed by atoms with Gasteiger partial charge in [0.2, 0.25) is 0 Å². The van der Waals surface area contributed by atoms with Gasteiger partial charge in [0.05, 0.1) is 7.11 Å². The summed E-state index contributed by atoms with van der Waals surface area (Å²) in [5.74, 6) is -0.195. The van der Waals surface area contributed by atoms with Crippen molar-refractivity contribution in [3.8, 4) is 0 Å². The van der Waals surface area contributed by atoms with E-state index < -0.39 is 0 Å². The van der Waals surface area contributed by atoms with Crippen molar-refractivity contribution < 1.29 is 9.63 Å². The molecule has 0 bridgehead atoms. The monoisotopic (exact) mass is 230 g/mol. The van der Waals surface area contributed by atoms with Crippen molar-refractivity contribution in [3.63, 3.8) is 0 Å². The van der Waals surface area contributed by atoms with Crippen molar-refractivity contribution in [1.29, 1.82) is 0 Å². The summed E-state index contributed by atoms with van der Waals surface area (Å²) in [7, 11) is 3.03. The molecule has 0 fully saturated rings. The van der Waals surface area contributed by atoms with Gasteiger partial charge in [-0.2, -0.15) is 0 Å². The molecule has 4 heteroatoms. The van der Waals surface area contributed by atoms with Gasteiger partial charge in [-0.1, -0.05) is 12.1 Å². The van der Waals surface area contributed by atoms with Crippen LogP contribution in [-0.4, -0.2) is 30.1 Å². The van der Waals surface area contributed by atoms with Crippen LogP contribution in [-0.2, 0) is 9.63 Å². The van der Waals surface area contributed by atoms with E-state index in [1.165, 1.54) is 18.2 Å². The summed E-state index contributed by atoms with van der Waals surface area (Å²) in [5.41, 5.74) is 2.03. The predicted octanol–water partition coefficient (Wildman–Crippen LogP) is 2.20. The number of benzene rings is 1. The normalized spacial score (nSPS) is 11.2. The van der Waals surface area contributed by atoms with Gasteiger partial charge >= 0.3 is 0 Å². The zero-order valence-electron chi connectivity index (χ0n) is 9.81. The van der Waals surface area contributed by atoms with Gasteiger partial charge in [-0.25, -0.2) is 5.06 Å². The number of amides is 1. The van der Waals surface area contributed by atoms with Gasteiger partial charge in [0.15, 0.2) is 0 Å². The second-order valence-corrected chi connectivity index (χ2v) is 3.68. The average Bonchev–Trinajstić information content (AvgIpc) is 2.82. The number of aromatic amines is 1. The van der Waals surface area contributed by atoms with E-state index in [0.29, 0.717) is 0 Å². The number of H-pyrrole nitrogens is 1. The fourth-order valence-electron chi connectivity index (χ4n) is 1.53. The number of likely N-dealkylation sites (N-methyl/N-ethyl adjacent to an activating group) is 1. The Hall–Kier alpha value is -2.07. The van der Waals surface area contributed by atoms with Crippen LogP contribution in [0.1, 0.15) is 5.56 Å². The molecule has 0 radical (unpaired) electrons. The minimum atomic E-state index is -0.195. The highest BCUT2D eigenvalue weighted by Gasteiger charge is 2.02. The molecule has 0 saturated carbocycles. The molecule has 88 valence electrons. The second kappa shape index (κ2) is 4.84. The molecule has 1 aromatic carbocycles. The predicted molar refractivity (Wildman–Crippen MR) is 67.1 cm³/mol. The number of nitrogens with zero attached hydrogens (tertiary/aromatic N) is 1. The van der Waals surface area contributed by atoms with E-state index in [4.69, 9.17) is 4.84 Å². The molecule has 0 aliphatic rings. The van der Waals surface area contributed by atoms with Crippen molar-refractivity contribution in [1.82, 2.24) is 10.0 Å². The van der Waals surface area contributed by atoms with Gasteiger partial charge in [-0.3, -0.25) is 9.63 Å². The second-order valence-electron chi connectivity index (χ2n) is 3.68. The van der Waals surface area contributed by atoms with Crippen molar-refractivity contribution in [2.75, 3.05) is 14.2 Å². The molecule has 0 atom stereocenters. The van der Waals surface area contributed by atoms with Gasteiger partial charge in [-0.15, -0.1) is 0 Å². The molecule has 4 nitrogen and oxygen atoms in total. The largest absolute Gasteiger partial charge is 0.361 e. The number of hydrogen-bond acceptors (Lipinski definition) is 2. The molecular formula is C13H14N2O2. The Morgan fingerprint density at radius 1 is 1.41 bits per heavy atom. The van der Waals surface area contributed by atoms with Gasteiger partial charge in [-0.05, 0) is 29.2 Å². The third-order valence-corrected chi connectivity index (χ3v) is 2.58. The molecule has 0 aliphatic carbocycles. The van der Waals surface area contributed by atoms with E-state index in [2.05, 4.69) is 4.98 Å². The van der Waals surface area contributed by atoms with Crippen LogP contribution in [0.3, 0.4) is 0 Å². The molecule has 0 saturated heterocycles. The number of hydroxylamine groups is 2. The van der Waals surface area contributed by atoms with Crippen LogP contribution in [0.25, 0.3) is 17.0 Å². The minimum absolute atomic E-state index is 0.195. The molecule has 1 N–H and O–H groups in total. The van der Waals surface area contributed by atoms with Crippen molar-refractivity contribution >= 4 is 22.9 Å². The number of fused-ring (bicyclic) bond motifs is 1. The summed E-state index contributed by atoms with van der Waals surface area (Å²) in [5, 5.41) is 2.33. The van der Waals surface area contributed by atoms with E-state index in [1.54, 1.807) is 13.1 Å². The third-order valence-electron chi connectivity index (χ3n) is 2.58. The number of rotatable bonds is 3. The summed E-state index contributed by atoms with van der Waals surface area (Å²) in [6, 6.07) is 7.97. The van der Waals surface area contributed by atoms with E-state index in [1.807, 2.05) is 30.5 Å². The number of aromatic nitrogens is 1. The standard InChI is InChI=1S/C13H14N2O2/c1-15(17-2)13(16)6-4-10-3-5-11-7-8-14-12(11)9-10/h3-9,14H,1-2H3/b6-4+. The first-order valence-electron chi connectivity index (χ1n) is 5.28. The summed E-state index contributed by atoms with van der Waals surface area (Å²) < 4.78 is 0. The topological polar surface area (TPSA) is 45.3 Å². The maximum atomic E-state index is 11.5. The lowest BCUT2D eigenvalue weighted by molar-refractivity contribution is -0.162. The zero-order valence-corrected chi connectivity index (χ0v) is 9.81. The van der Waals surface area contributed by atoms with Gasteiger partial charge < -0.3 is 4.98 Å². The number of nitrogens with one attached hydrogen (secondary N) is 1. The highest BCUT2D eigenvalue weighted by atomic mass is 16.7. The molecule has 0 aliphatic heterocycles. The van der Waals surface area contributed by atoms with Crippen molar-refractivity contribution in [2.24, 2.45) is 0 Å². The Balaban J connectivity index is 2.17. The van der Waals surface area contributed by atoms with Gasteiger partial charge in [0.1, 0.15) is 0 Å². The van der Waals surface area contributed by atoms with E-state index in [9.17, 15) is 4.79 Å². The van der Waals surface area contributed by atoms with E-state index in [0.717, 1.165) is 16.5 Å². The Labute approximate surface area is 99.4 Å². The Bertz CT molecular complexity index is 557. The molecular weight excluding hydrogens is 216 g/mol. The van der Waals surface area contributed by atoms with Crippen molar-refractivity contribution in [3.05, 3.63) is 42.1 Å². The summed E-state index contributed by atoms with van der Waals surface area (Å²) in [6.45, 7) is 0. The molecule has 2 rings (SSSR count). The Kier molecular flexibility index (Phi) is 3.25. The van der Waals surface area contributed by atoms with Crippen LogP contribution in [0.4, 0.5) is 0 Å². The first-order chi connectivity index (χ1) is 8.20. The molecule has 1 heterocycles. The van der Waals surface area contributed by atoms with Crippen LogP contribution in [0.15, 0.2) is 36.5 Å². The van der Waals surface area contributed by atoms with E-state index in [-0.39, 0.29) is 5.91 Å². The highest BCUT2D eigenvalue weighted by Crippen LogP contribution is 2.15. The first kappa shape index (κ1) is 11.4.